The number of ether oxygens (including phenoxy) is 1. The zero-order valence-electron chi connectivity index (χ0n) is 11.6. The molecule has 21 heavy (non-hydrogen) atoms. The number of phenols is 1. The van der Waals surface area contributed by atoms with Crippen molar-refractivity contribution in [2.75, 3.05) is 18.5 Å². The normalized spacial score (nSPS) is 17.8. The van der Waals surface area contributed by atoms with Crippen LogP contribution in [0.25, 0.3) is 10.8 Å². The number of aromatic hydroxyl groups is 1. The van der Waals surface area contributed by atoms with E-state index in [1.165, 1.54) is 0 Å². The number of hydrogen-bond acceptors (Lipinski definition) is 3. The van der Waals surface area contributed by atoms with E-state index in [9.17, 15) is 5.11 Å². The molecule has 0 bridgehead atoms. The summed E-state index contributed by atoms with van der Waals surface area (Å²) < 4.78 is 5.56. The number of hydrogen-bond donors (Lipinski definition) is 3. The van der Waals surface area contributed by atoms with Crippen LogP contribution in [0.5, 0.6) is 5.75 Å². The van der Waals surface area contributed by atoms with Gasteiger partial charge in [-0.05, 0) is 37.2 Å². The molecular formula is C16H18N2O2S. The summed E-state index contributed by atoms with van der Waals surface area (Å²) >= 11 is 5.33. The number of anilines is 1. The third-order valence-electron chi connectivity index (χ3n) is 3.66. The minimum absolute atomic E-state index is 0.251. The SMILES string of the molecule is Oc1cccc2c(NC(=S)NCC3CCCO3)cccc12. The predicted octanol–water partition coefficient (Wildman–Crippen LogP) is 3.01. The van der Waals surface area contributed by atoms with Gasteiger partial charge < -0.3 is 20.5 Å². The Hall–Kier alpha value is -1.85. The van der Waals surface area contributed by atoms with Crippen LogP contribution >= 0.6 is 12.2 Å². The molecule has 3 N–H and O–H groups in total. The van der Waals surface area contributed by atoms with Gasteiger partial charge >= 0.3 is 0 Å². The van der Waals surface area contributed by atoms with Gasteiger partial charge in [0, 0.05) is 29.6 Å². The number of thiocarbonyl (C=S) groups is 1. The van der Waals surface area contributed by atoms with Crippen LogP contribution in [0.2, 0.25) is 0 Å². The fraction of sp³-hybridized carbons (Fsp3) is 0.312. The maximum absolute atomic E-state index is 9.88. The zero-order valence-corrected chi connectivity index (χ0v) is 12.5. The summed E-state index contributed by atoms with van der Waals surface area (Å²) in [6.07, 6.45) is 2.45. The molecule has 4 nitrogen and oxygen atoms in total. The number of benzene rings is 2. The van der Waals surface area contributed by atoms with Crippen molar-refractivity contribution in [2.24, 2.45) is 0 Å². The first-order chi connectivity index (χ1) is 10.2. The lowest BCUT2D eigenvalue weighted by Gasteiger charge is -2.15. The molecule has 1 aliphatic rings. The largest absolute Gasteiger partial charge is 0.507 e. The van der Waals surface area contributed by atoms with Crippen molar-refractivity contribution in [3.05, 3.63) is 36.4 Å². The van der Waals surface area contributed by atoms with Gasteiger partial charge in [-0.1, -0.05) is 24.3 Å². The van der Waals surface area contributed by atoms with Crippen molar-refractivity contribution >= 4 is 33.8 Å². The second-order valence-electron chi connectivity index (χ2n) is 5.15. The van der Waals surface area contributed by atoms with E-state index >= 15 is 0 Å². The highest BCUT2D eigenvalue weighted by molar-refractivity contribution is 7.80. The van der Waals surface area contributed by atoms with Crippen LogP contribution < -0.4 is 10.6 Å². The number of fused-ring (bicyclic) bond motifs is 1. The van der Waals surface area contributed by atoms with Crippen LogP contribution in [0.4, 0.5) is 5.69 Å². The van der Waals surface area contributed by atoms with E-state index < -0.39 is 0 Å². The maximum atomic E-state index is 9.88. The van der Waals surface area contributed by atoms with E-state index in [4.69, 9.17) is 17.0 Å². The Morgan fingerprint density at radius 2 is 2.05 bits per heavy atom. The molecule has 0 aliphatic carbocycles. The van der Waals surface area contributed by atoms with Crippen LogP contribution in [0.15, 0.2) is 36.4 Å². The van der Waals surface area contributed by atoms with Crippen molar-refractivity contribution in [2.45, 2.75) is 18.9 Å². The van der Waals surface area contributed by atoms with Crippen LogP contribution in [-0.2, 0) is 4.74 Å². The zero-order chi connectivity index (χ0) is 14.7. The molecule has 0 radical (unpaired) electrons. The molecule has 0 spiro atoms. The molecule has 5 heteroatoms. The number of nitrogens with one attached hydrogen (secondary N) is 2. The third-order valence-corrected chi connectivity index (χ3v) is 3.91. The van der Waals surface area contributed by atoms with Gasteiger partial charge in [-0.25, -0.2) is 0 Å². The van der Waals surface area contributed by atoms with E-state index in [2.05, 4.69) is 10.6 Å². The Morgan fingerprint density at radius 1 is 1.24 bits per heavy atom. The Bertz CT molecular complexity index is 654. The molecule has 1 saturated heterocycles. The van der Waals surface area contributed by atoms with E-state index in [1.807, 2.05) is 30.3 Å². The summed E-state index contributed by atoms with van der Waals surface area (Å²) in [5, 5.41) is 18.6. The first-order valence-electron chi connectivity index (χ1n) is 7.11. The first kappa shape index (κ1) is 14.1. The standard InChI is InChI=1S/C16H18N2O2S/c19-15-8-2-5-12-13(15)6-1-7-14(12)18-16(21)17-10-11-4-3-9-20-11/h1-2,5-8,11,19H,3-4,9-10H2,(H2,17,18,21). The second-order valence-corrected chi connectivity index (χ2v) is 5.56. The lowest BCUT2D eigenvalue weighted by Crippen LogP contribution is -2.34. The lowest BCUT2D eigenvalue weighted by molar-refractivity contribution is 0.114. The van der Waals surface area contributed by atoms with Gasteiger partial charge in [0.2, 0.25) is 0 Å². The fourth-order valence-electron chi connectivity index (χ4n) is 2.58. The van der Waals surface area contributed by atoms with Crippen molar-refractivity contribution in [3.8, 4) is 5.75 Å². The molecule has 0 saturated carbocycles. The average Bonchev–Trinajstić information content (AvgIpc) is 3.00. The van der Waals surface area contributed by atoms with Crippen molar-refractivity contribution in [1.82, 2.24) is 5.32 Å². The number of rotatable bonds is 3. The molecule has 3 rings (SSSR count). The Balaban J connectivity index is 1.69. The van der Waals surface area contributed by atoms with E-state index in [1.54, 1.807) is 6.07 Å². The van der Waals surface area contributed by atoms with E-state index in [0.717, 1.165) is 42.5 Å². The summed E-state index contributed by atoms with van der Waals surface area (Å²) in [6, 6.07) is 11.2. The maximum Gasteiger partial charge on any atom is 0.170 e. The molecule has 1 fully saturated rings. The molecule has 2 aromatic carbocycles. The Kier molecular flexibility index (Phi) is 4.22. The van der Waals surface area contributed by atoms with Crippen molar-refractivity contribution < 1.29 is 9.84 Å². The van der Waals surface area contributed by atoms with Gasteiger partial charge in [0.1, 0.15) is 5.75 Å². The summed E-state index contributed by atoms with van der Waals surface area (Å²) in [4.78, 5) is 0. The van der Waals surface area contributed by atoms with E-state index in [0.29, 0.717) is 5.11 Å². The minimum Gasteiger partial charge on any atom is -0.507 e. The van der Waals surface area contributed by atoms with Crippen LogP contribution in [-0.4, -0.2) is 29.5 Å². The highest BCUT2D eigenvalue weighted by atomic mass is 32.1. The second kappa shape index (κ2) is 6.28. The third kappa shape index (κ3) is 3.25. The van der Waals surface area contributed by atoms with Gasteiger partial charge in [-0.2, -0.15) is 0 Å². The van der Waals surface area contributed by atoms with Crippen LogP contribution in [0.1, 0.15) is 12.8 Å². The van der Waals surface area contributed by atoms with Crippen LogP contribution in [0.3, 0.4) is 0 Å². The average molecular weight is 302 g/mol. The summed E-state index contributed by atoms with van der Waals surface area (Å²) in [6.45, 7) is 1.57. The number of phenolic OH excluding ortho intramolecular Hbond substituents is 1. The molecule has 110 valence electrons. The Morgan fingerprint density at radius 3 is 2.86 bits per heavy atom. The molecule has 1 atom stereocenters. The van der Waals surface area contributed by atoms with Crippen molar-refractivity contribution in [1.29, 1.82) is 0 Å². The minimum atomic E-state index is 0.251. The Labute approximate surface area is 129 Å². The van der Waals surface area contributed by atoms with Gasteiger partial charge in [0.05, 0.1) is 6.10 Å². The molecular weight excluding hydrogens is 284 g/mol. The van der Waals surface area contributed by atoms with Gasteiger partial charge in [0.25, 0.3) is 0 Å². The topological polar surface area (TPSA) is 53.5 Å². The highest BCUT2D eigenvalue weighted by Crippen LogP contribution is 2.29. The molecule has 1 aliphatic heterocycles. The smallest absolute Gasteiger partial charge is 0.170 e. The predicted molar refractivity (Wildman–Crippen MR) is 88.8 cm³/mol. The highest BCUT2D eigenvalue weighted by Gasteiger charge is 2.15. The van der Waals surface area contributed by atoms with E-state index in [-0.39, 0.29) is 11.9 Å². The van der Waals surface area contributed by atoms with Gasteiger partial charge in [-0.3, -0.25) is 0 Å². The quantitative estimate of drug-likeness (QED) is 0.761. The fourth-order valence-corrected chi connectivity index (χ4v) is 2.77. The lowest BCUT2D eigenvalue weighted by atomic mass is 10.1. The molecule has 0 aromatic heterocycles. The summed E-state index contributed by atoms with van der Waals surface area (Å²) in [5.74, 6) is 0.273. The first-order valence-corrected chi connectivity index (χ1v) is 7.52. The molecule has 2 aromatic rings. The van der Waals surface area contributed by atoms with Gasteiger partial charge in [-0.15, -0.1) is 0 Å². The molecule has 0 amide bonds. The molecule has 1 unspecified atom stereocenters. The van der Waals surface area contributed by atoms with Crippen LogP contribution in [0, 0.1) is 0 Å². The van der Waals surface area contributed by atoms with Crippen molar-refractivity contribution in [3.63, 3.8) is 0 Å². The van der Waals surface area contributed by atoms with Gasteiger partial charge in [0.15, 0.2) is 5.11 Å². The summed E-state index contributed by atoms with van der Waals surface area (Å²) in [7, 11) is 0. The summed E-state index contributed by atoms with van der Waals surface area (Å²) in [5.41, 5.74) is 0.883. The monoisotopic (exact) mass is 302 g/mol. The molecule has 1 heterocycles.